The van der Waals surface area contributed by atoms with Gasteiger partial charge in [0, 0.05) is 27.9 Å². The van der Waals surface area contributed by atoms with E-state index < -0.39 is 40.9 Å². The third kappa shape index (κ3) is 6.41. The largest absolute Gasteiger partial charge is 0.322 e. The molecular weight excluding hydrogens is 777 g/mol. The second kappa shape index (κ2) is 14.3. The van der Waals surface area contributed by atoms with Crippen LogP contribution in [0.1, 0.15) is 128 Å². The molecule has 10 nitrogen and oxygen atoms in total. The Morgan fingerprint density at radius 1 is 0.468 bits per heavy atom. The first-order valence-corrected chi connectivity index (χ1v) is 20.5. The molecule has 6 aromatic carbocycles. The fraction of sp³-hybridized carbons (Fsp3) is 0.192. The molecular formula is C52H44N4O6. The number of fused-ring (bicyclic) bond motifs is 3. The Hall–Kier alpha value is -7.46. The van der Waals surface area contributed by atoms with Crippen molar-refractivity contribution in [3.8, 4) is 0 Å². The molecule has 0 spiro atoms. The third-order valence-electron chi connectivity index (χ3n) is 13.0. The summed E-state index contributed by atoms with van der Waals surface area (Å²) in [5.41, 5.74) is 10.1. The number of benzene rings is 6. The summed E-state index contributed by atoms with van der Waals surface area (Å²) in [5, 5.41) is 5.96. The molecule has 1 aliphatic carbocycles. The van der Waals surface area contributed by atoms with Gasteiger partial charge in [-0.1, -0.05) is 51.1 Å². The van der Waals surface area contributed by atoms with E-state index in [0.29, 0.717) is 22.7 Å². The van der Waals surface area contributed by atoms with Crippen LogP contribution in [0.4, 0.5) is 22.7 Å². The Morgan fingerprint density at radius 3 is 1.40 bits per heavy atom. The van der Waals surface area contributed by atoms with Crippen molar-refractivity contribution in [2.24, 2.45) is 0 Å². The van der Waals surface area contributed by atoms with Crippen molar-refractivity contribution in [2.45, 2.75) is 65.7 Å². The number of hydrogen-bond acceptors (Lipinski definition) is 6. The van der Waals surface area contributed by atoms with Crippen molar-refractivity contribution >= 4 is 58.2 Å². The fourth-order valence-electron chi connectivity index (χ4n) is 9.29. The van der Waals surface area contributed by atoms with E-state index >= 15 is 0 Å². The molecule has 0 aromatic heterocycles. The van der Waals surface area contributed by atoms with Crippen LogP contribution in [0.3, 0.4) is 0 Å². The predicted molar refractivity (Wildman–Crippen MR) is 240 cm³/mol. The van der Waals surface area contributed by atoms with Crippen LogP contribution in [-0.4, -0.2) is 35.4 Å². The number of imide groups is 2. The summed E-state index contributed by atoms with van der Waals surface area (Å²) in [6.07, 6.45) is 0.789. The number of hydrogen-bond donors (Lipinski definition) is 2. The van der Waals surface area contributed by atoms with Gasteiger partial charge in [-0.3, -0.25) is 28.8 Å². The summed E-state index contributed by atoms with van der Waals surface area (Å²) < 4.78 is 0. The minimum Gasteiger partial charge on any atom is -0.322 e. The SMILES string of the molecule is Cc1ccc(N2C(=O)c3ccc(C(=O)Nc4ccc([C@@]5(C)CC(C)(C)c6ccc(NC(=O)c7ccc8c(c7)C(=O)N(c7ccc(C)c(C)c7)C8=O)cc65)cc4)cc3C2=O)cc1C. The Balaban J connectivity index is 0.915. The van der Waals surface area contributed by atoms with Gasteiger partial charge in [0.1, 0.15) is 0 Å². The number of rotatable bonds is 7. The van der Waals surface area contributed by atoms with Crippen molar-refractivity contribution in [3.63, 3.8) is 0 Å². The smallest absolute Gasteiger partial charge is 0.266 e. The van der Waals surface area contributed by atoms with Gasteiger partial charge >= 0.3 is 0 Å². The second-order valence-corrected chi connectivity index (χ2v) is 17.6. The number of anilines is 4. The zero-order chi connectivity index (χ0) is 44.0. The predicted octanol–water partition coefficient (Wildman–Crippen LogP) is 10.0. The summed E-state index contributed by atoms with van der Waals surface area (Å²) in [6.45, 7) is 14.3. The van der Waals surface area contributed by atoms with Crippen LogP contribution in [0.5, 0.6) is 0 Å². The van der Waals surface area contributed by atoms with Crippen LogP contribution in [0.15, 0.2) is 115 Å². The number of nitrogens with one attached hydrogen (secondary N) is 2. The zero-order valence-electron chi connectivity index (χ0n) is 35.5. The molecule has 0 unspecified atom stereocenters. The van der Waals surface area contributed by atoms with E-state index in [-0.39, 0.29) is 38.8 Å². The molecule has 10 heteroatoms. The third-order valence-corrected chi connectivity index (χ3v) is 13.0. The Labute approximate surface area is 359 Å². The van der Waals surface area contributed by atoms with Gasteiger partial charge in [0.05, 0.1) is 33.6 Å². The molecule has 0 fully saturated rings. The molecule has 2 aliphatic heterocycles. The molecule has 0 saturated carbocycles. The van der Waals surface area contributed by atoms with Crippen LogP contribution < -0.4 is 20.4 Å². The molecule has 62 heavy (non-hydrogen) atoms. The van der Waals surface area contributed by atoms with Gasteiger partial charge in [-0.15, -0.1) is 0 Å². The van der Waals surface area contributed by atoms with Gasteiger partial charge in [0.25, 0.3) is 35.4 Å². The number of carbonyl (C=O) groups is 6. The van der Waals surface area contributed by atoms with Gasteiger partial charge < -0.3 is 10.6 Å². The van der Waals surface area contributed by atoms with Crippen molar-refractivity contribution in [2.75, 3.05) is 20.4 Å². The number of nitrogens with zero attached hydrogens (tertiary/aromatic N) is 2. The zero-order valence-corrected chi connectivity index (χ0v) is 35.5. The van der Waals surface area contributed by atoms with E-state index in [0.717, 1.165) is 55.2 Å². The van der Waals surface area contributed by atoms with Crippen molar-refractivity contribution in [1.29, 1.82) is 0 Å². The van der Waals surface area contributed by atoms with Gasteiger partial charge in [0.2, 0.25) is 0 Å². The van der Waals surface area contributed by atoms with Gasteiger partial charge in [0.15, 0.2) is 0 Å². The van der Waals surface area contributed by atoms with E-state index in [4.69, 9.17) is 0 Å². The molecule has 9 rings (SSSR count). The Kier molecular flexibility index (Phi) is 9.24. The Morgan fingerprint density at radius 2 is 0.919 bits per heavy atom. The van der Waals surface area contributed by atoms with Crippen molar-refractivity contribution in [1.82, 2.24) is 0 Å². The van der Waals surface area contributed by atoms with E-state index in [1.807, 2.05) is 94.4 Å². The van der Waals surface area contributed by atoms with Crippen LogP contribution >= 0.6 is 0 Å². The van der Waals surface area contributed by atoms with Crippen molar-refractivity contribution in [3.05, 3.63) is 188 Å². The number of carbonyl (C=O) groups excluding carboxylic acids is 6. The lowest BCUT2D eigenvalue weighted by Crippen LogP contribution is -2.29. The molecule has 6 amide bonds. The normalized spacial score (nSPS) is 17.3. The van der Waals surface area contributed by atoms with Crippen LogP contribution in [0, 0.1) is 27.7 Å². The van der Waals surface area contributed by atoms with Gasteiger partial charge in [-0.05, 0) is 163 Å². The van der Waals surface area contributed by atoms with Gasteiger partial charge in [-0.2, -0.15) is 0 Å². The maximum Gasteiger partial charge on any atom is 0.266 e. The minimum absolute atomic E-state index is 0.182. The van der Waals surface area contributed by atoms with E-state index in [9.17, 15) is 28.8 Å². The first kappa shape index (κ1) is 40.0. The summed E-state index contributed by atoms with van der Waals surface area (Å²) in [6, 6.07) is 33.6. The molecule has 1 atom stereocenters. The minimum atomic E-state index is -0.471. The van der Waals surface area contributed by atoms with Crippen LogP contribution in [0.2, 0.25) is 0 Å². The maximum absolute atomic E-state index is 13.7. The maximum atomic E-state index is 13.7. The molecule has 2 N–H and O–H groups in total. The highest BCUT2D eigenvalue weighted by atomic mass is 16.2. The molecule has 3 aliphatic rings. The molecule has 0 saturated heterocycles. The molecule has 6 aromatic rings. The van der Waals surface area contributed by atoms with E-state index in [1.54, 1.807) is 24.3 Å². The summed E-state index contributed by atoms with van der Waals surface area (Å²) in [5.74, 6) is -2.61. The molecule has 2 heterocycles. The molecule has 0 radical (unpaired) electrons. The van der Waals surface area contributed by atoms with Gasteiger partial charge in [-0.25, -0.2) is 9.80 Å². The fourth-order valence-corrected chi connectivity index (χ4v) is 9.29. The number of amides is 6. The summed E-state index contributed by atoms with van der Waals surface area (Å²) in [7, 11) is 0. The topological polar surface area (TPSA) is 133 Å². The summed E-state index contributed by atoms with van der Waals surface area (Å²) >= 11 is 0. The van der Waals surface area contributed by atoms with E-state index in [2.05, 4.69) is 31.4 Å². The first-order valence-electron chi connectivity index (χ1n) is 20.5. The second-order valence-electron chi connectivity index (χ2n) is 17.6. The highest BCUT2D eigenvalue weighted by Gasteiger charge is 2.46. The average molecular weight is 821 g/mol. The van der Waals surface area contributed by atoms with Crippen molar-refractivity contribution < 1.29 is 28.8 Å². The quantitative estimate of drug-likeness (QED) is 0.154. The lowest BCUT2D eigenvalue weighted by atomic mass is 9.75. The van der Waals surface area contributed by atoms with Crippen LogP contribution in [-0.2, 0) is 10.8 Å². The standard InChI is InChI=1S/C52H44N4O6/c1-28-8-17-37(22-30(28)3)55-47(59)39-19-10-32(24-41(39)49(55)61)45(57)53-35-14-12-34(13-15-35)52(7)27-51(5,6)43-21-16-36(26-44(43)52)54-46(58)33-11-20-40-42(25-33)50(62)56(48(40)60)38-18-9-29(2)31(4)23-38/h8-26H,27H2,1-7H3,(H,53,57)(H,54,58)/t52-/m1/s1. The Bertz CT molecular complexity index is 3000. The molecule has 308 valence electrons. The highest BCUT2D eigenvalue weighted by Crippen LogP contribution is 2.53. The van der Waals surface area contributed by atoms with Crippen LogP contribution in [0.25, 0.3) is 0 Å². The monoisotopic (exact) mass is 820 g/mol. The average Bonchev–Trinajstić information content (AvgIpc) is 3.74. The molecule has 0 bridgehead atoms. The highest BCUT2D eigenvalue weighted by molar-refractivity contribution is 6.35. The summed E-state index contributed by atoms with van der Waals surface area (Å²) in [4.78, 5) is 83.1. The lowest BCUT2D eigenvalue weighted by molar-refractivity contribution is 0.0910. The first-order chi connectivity index (χ1) is 29.4. The lowest BCUT2D eigenvalue weighted by Gasteiger charge is -2.29. The van der Waals surface area contributed by atoms with E-state index in [1.165, 1.54) is 24.3 Å². The number of aryl methyl sites for hydroxylation is 4.